The van der Waals surface area contributed by atoms with Crippen molar-refractivity contribution in [3.05, 3.63) is 0 Å². The summed E-state index contributed by atoms with van der Waals surface area (Å²) in [5.74, 6) is 0. The molecule has 0 bridgehead atoms. The highest BCUT2D eigenvalue weighted by Crippen LogP contribution is 2.59. The number of rotatable bonds is 2. The third-order valence-corrected chi connectivity index (χ3v) is 6.36. The second-order valence-corrected chi connectivity index (χ2v) is 7.80. The molecule has 10 heavy (non-hydrogen) atoms. The fourth-order valence-electron chi connectivity index (χ4n) is 1.56. The van der Waals surface area contributed by atoms with Gasteiger partial charge < -0.3 is 17.5 Å². The molecule has 1 heterocycles. The zero-order valence-electron chi connectivity index (χ0n) is 6.52. The second kappa shape index (κ2) is 4.54. The molecule has 0 aromatic carbocycles. The second-order valence-electron chi connectivity index (χ2n) is 3.22. The van der Waals surface area contributed by atoms with Gasteiger partial charge in [-0.05, 0) is 12.8 Å². The first-order valence-corrected chi connectivity index (χ1v) is 6.50. The van der Waals surface area contributed by atoms with Crippen LogP contribution in [0.25, 0.3) is 0 Å². The van der Waals surface area contributed by atoms with Crippen LogP contribution in [-0.4, -0.2) is 36.9 Å². The molecule has 0 aromatic heterocycles. The zero-order chi connectivity index (χ0) is 6.74. The summed E-state index contributed by atoms with van der Waals surface area (Å²) in [6, 6.07) is 0. The van der Waals surface area contributed by atoms with E-state index in [4.69, 9.17) is 5.11 Å². The molecule has 0 atom stereocenters. The molecule has 0 aliphatic carbocycles. The Morgan fingerprint density at radius 1 is 1.30 bits per heavy atom. The van der Waals surface area contributed by atoms with Gasteiger partial charge in [-0.25, -0.2) is 0 Å². The summed E-state index contributed by atoms with van der Waals surface area (Å²) in [5.41, 5.74) is 0. The predicted molar refractivity (Wildman–Crippen MR) is 43.8 cm³/mol. The molecule has 0 radical (unpaired) electrons. The average molecular weight is 183 g/mol. The predicted octanol–water partition coefficient (Wildman–Crippen LogP) is -1.58. The molecule has 1 aliphatic heterocycles. The van der Waals surface area contributed by atoms with Gasteiger partial charge in [-0.3, -0.25) is 0 Å². The summed E-state index contributed by atoms with van der Waals surface area (Å²) in [7, 11) is -0.570. The molecule has 0 unspecified atom stereocenters. The molecular weight excluding hydrogens is 167 g/mol. The van der Waals surface area contributed by atoms with Crippen LogP contribution in [-0.2, 0) is 0 Å². The van der Waals surface area contributed by atoms with Crippen molar-refractivity contribution in [2.75, 3.05) is 31.8 Å². The Labute approximate surface area is 70.0 Å². The smallest absolute Gasteiger partial charge is 0.0822 e. The maximum absolute atomic E-state index is 8.72. The SMILES string of the molecule is C[P+]1(CCO)CCCC1.[Cl-]. The standard InChI is InChI=1S/C7H16OP.ClH/c1-9(7-4-8)5-2-3-6-9;/h8H,2-7H2,1H3;1H/q+1;/p-1. The number of aliphatic hydroxyl groups is 1. The minimum Gasteiger partial charge on any atom is -1.00 e. The topological polar surface area (TPSA) is 20.2 Å². The van der Waals surface area contributed by atoms with Gasteiger partial charge in [0.25, 0.3) is 0 Å². The maximum atomic E-state index is 8.72. The summed E-state index contributed by atoms with van der Waals surface area (Å²) in [6.07, 6.45) is 6.84. The lowest BCUT2D eigenvalue weighted by atomic mass is 10.4. The van der Waals surface area contributed by atoms with E-state index in [2.05, 4.69) is 6.66 Å². The minimum absolute atomic E-state index is 0. The Balaban J connectivity index is 0.000000810. The number of hydrogen-bond acceptors (Lipinski definition) is 1. The number of hydrogen-bond donors (Lipinski definition) is 1. The largest absolute Gasteiger partial charge is 1.00 e. The number of aliphatic hydroxyl groups excluding tert-OH is 1. The normalized spacial score (nSPS) is 22.2. The molecular formula is C7H16ClOP. The molecule has 1 aliphatic rings. The Bertz CT molecular complexity index is 91.6. The van der Waals surface area contributed by atoms with Crippen LogP contribution >= 0.6 is 7.26 Å². The highest BCUT2D eigenvalue weighted by atomic mass is 35.5. The molecule has 1 saturated heterocycles. The van der Waals surface area contributed by atoms with Gasteiger partial charge in [-0.1, -0.05) is 0 Å². The van der Waals surface area contributed by atoms with E-state index < -0.39 is 7.26 Å². The van der Waals surface area contributed by atoms with Crippen LogP contribution in [0.15, 0.2) is 0 Å². The highest BCUT2D eigenvalue weighted by molar-refractivity contribution is 7.75. The summed E-state index contributed by atoms with van der Waals surface area (Å²) in [6.45, 7) is 2.82. The monoisotopic (exact) mass is 182 g/mol. The van der Waals surface area contributed by atoms with Gasteiger partial charge >= 0.3 is 0 Å². The Morgan fingerprint density at radius 2 is 1.80 bits per heavy atom. The first kappa shape index (κ1) is 10.7. The molecule has 0 saturated carbocycles. The highest BCUT2D eigenvalue weighted by Gasteiger charge is 2.34. The molecule has 1 rings (SSSR count). The lowest BCUT2D eigenvalue weighted by Crippen LogP contribution is -3.00. The molecule has 0 aromatic rings. The van der Waals surface area contributed by atoms with Gasteiger partial charge in [0.2, 0.25) is 0 Å². The van der Waals surface area contributed by atoms with E-state index in [0.717, 1.165) is 6.16 Å². The first-order chi connectivity index (χ1) is 4.27. The zero-order valence-corrected chi connectivity index (χ0v) is 8.17. The van der Waals surface area contributed by atoms with Crippen molar-refractivity contribution in [3.63, 3.8) is 0 Å². The van der Waals surface area contributed by atoms with E-state index in [1.807, 2.05) is 0 Å². The Kier molecular flexibility index (Phi) is 4.84. The molecule has 0 spiro atoms. The van der Waals surface area contributed by atoms with E-state index in [0.29, 0.717) is 6.61 Å². The van der Waals surface area contributed by atoms with Gasteiger partial charge in [0.1, 0.15) is 0 Å². The summed E-state index contributed by atoms with van der Waals surface area (Å²) >= 11 is 0. The van der Waals surface area contributed by atoms with Crippen LogP contribution in [0.2, 0.25) is 0 Å². The van der Waals surface area contributed by atoms with Crippen LogP contribution in [0, 0.1) is 0 Å². The Morgan fingerprint density at radius 3 is 2.20 bits per heavy atom. The third-order valence-electron chi connectivity index (χ3n) is 2.29. The maximum Gasteiger partial charge on any atom is 0.0822 e. The van der Waals surface area contributed by atoms with E-state index in [-0.39, 0.29) is 12.4 Å². The minimum atomic E-state index is -0.570. The lowest BCUT2D eigenvalue weighted by molar-refractivity contribution is -0.00000324. The van der Waals surface area contributed by atoms with Crippen molar-refractivity contribution in [2.45, 2.75) is 12.8 Å². The molecule has 1 nitrogen and oxygen atoms in total. The van der Waals surface area contributed by atoms with Crippen LogP contribution in [0.4, 0.5) is 0 Å². The third kappa shape index (κ3) is 2.74. The first-order valence-electron chi connectivity index (χ1n) is 3.71. The fraction of sp³-hybridized carbons (Fsp3) is 1.00. The van der Waals surface area contributed by atoms with Crippen molar-refractivity contribution in [2.24, 2.45) is 0 Å². The van der Waals surface area contributed by atoms with Gasteiger partial charge in [0.15, 0.2) is 0 Å². The average Bonchev–Trinajstić information content (AvgIpc) is 2.16. The van der Waals surface area contributed by atoms with E-state index >= 15 is 0 Å². The molecule has 1 fully saturated rings. The Hall–Kier alpha value is 0.680. The fourth-order valence-corrected chi connectivity index (χ4v) is 4.69. The lowest BCUT2D eigenvalue weighted by Gasteiger charge is -2.13. The van der Waals surface area contributed by atoms with Gasteiger partial charge in [0.05, 0.1) is 25.1 Å². The summed E-state index contributed by atoms with van der Waals surface area (Å²) in [4.78, 5) is 0. The van der Waals surface area contributed by atoms with Crippen LogP contribution in [0.5, 0.6) is 0 Å². The van der Waals surface area contributed by atoms with E-state index in [1.54, 1.807) is 0 Å². The van der Waals surface area contributed by atoms with Gasteiger partial charge in [0, 0.05) is 13.9 Å². The summed E-state index contributed by atoms with van der Waals surface area (Å²) in [5, 5.41) is 8.72. The molecule has 1 N–H and O–H groups in total. The van der Waals surface area contributed by atoms with Crippen molar-refractivity contribution in [1.82, 2.24) is 0 Å². The van der Waals surface area contributed by atoms with E-state index in [9.17, 15) is 0 Å². The molecule has 3 heteroatoms. The van der Waals surface area contributed by atoms with Gasteiger partial charge in [-0.15, -0.1) is 0 Å². The van der Waals surface area contributed by atoms with Crippen LogP contribution < -0.4 is 12.4 Å². The van der Waals surface area contributed by atoms with Crippen molar-refractivity contribution in [3.8, 4) is 0 Å². The van der Waals surface area contributed by atoms with Crippen LogP contribution in [0.3, 0.4) is 0 Å². The van der Waals surface area contributed by atoms with Crippen molar-refractivity contribution < 1.29 is 17.5 Å². The summed E-state index contributed by atoms with van der Waals surface area (Å²) < 4.78 is 0. The van der Waals surface area contributed by atoms with Crippen molar-refractivity contribution >= 4 is 7.26 Å². The molecule has 0 amide bonds. The quantitative estimate of drug-likeness (QED) is 0.512. The van der Waals surface area contributed by atoms with Crippen molar-refractivity contribution in [1.29, 1.82) is 0 Å². The van der Waals surface area contributed by atoms with Crippen LogP contribution in [0.1, 0.15) is 12.8 Å². The van der Waals surface area contributed by atoms with E-state index in [1.165, 1.54) is 25.2 Å². The van der Waals surface area contributed by atoms with Gasteiger partial charge in [-0.2, -0.15) is 0 Å². The number of halogens is 1. The molecule has 62 valence electrons.